The van der Waals surface area contributed by atoms with E-state index in [9.17, 15) is 4.79 Å². The van der Waals surface area contributed by atoms with E-state index in [1.54, 1.807) is 6.92 Å². The molecule has 8 heavy (non-hydrogen) atoms. The maximum atomic E-state index is 10.4. The van der Waals surface area contributed by atoms with Gasteiger partial charge in [0.15, 0.2) is 5.82 Å². The van der Waals surface area contributed by atoms with Crippen molar-refractivity contribution >= 4 is 5.91 Å². The minimum absolute atomic E-state index is 0.141. The Hall–Kier alpha value is -1.06. The minimum atomic E-state index is -0.141. The predicted molar refractivity (Wildman–Crippen MR) is 25.5 cm³/mol. The van der Waals surface area contributed by atoms with Gasteiger partial charge in [-0.3, -0.25) is 9.42 Å². The van der Waals surface area contributed by atoms with E-state index < -0.39 is 0 Å². The number of carbonyl (C=O) groups is 1. The molecule has 4 nitrogen and oxygen atoms in total. The summed E-state index contributed by atoms with van der Waals surface area (Å²) >= 11 is 0. The first-order valence-corrected chi connectivity index (χ1v) is 2.24. The third-order valence-electron chi connectivity index (χ3n) is 0.835. The van der Waals surface area contributed by atoms with Crippen molar-refractivity contribution in [1.82, 2.24) is 9.90 Å². The van der Waals surface area contributed by atoms with Crippen molar-refractivity contribution in [3.05, 3.63) is 5.82 Å². The van der Waals surface area contributed by atoms with Crippen LogP contribution >= 0.6 is 0 Å². The number of carbonyl (C=O) groups excluding carboxylic acids is 1. The van der Waals surface area contributed by atoms with Crippen molar-refractivity contribution in [2.45, 2.75) is 13.8 Å². The summed E-state index contributed by atoms with van der Waals surface area (Å²) in [5, 5.41) is 3.39. The van der Waals surface area contributed by atoms with Crippen LogP contribution in [0.4, 0.5) is 0 Å². The highest BCUT2D eigenvalue weighted by Gasteiger charge is 2.06. The summed E-state index contributed by atoms with van der Waals surface area (Å²) in [7, 11) is 0. The number of hydrogen-bond donors (Lipinski definition) is 0. The fraction of sp³-hybridized carbons (Fsp3) is 0.500. The molecule has 0 aliphatic rings. The molecule has 4 heteroatoms. The van der Waals surface area contributed by atoms with Crippen LogP contribution in [-0.4, -0.2) is 15.8 Å². The molecule has 0 N–H and O–H groups in total. The normalized spacial score (nSPS) is 9.75. The van der Waals surface area contributed by atoms with Crippen molar-refractivity contribution in [2.24, 2.45) is 0 Å². The number of rotatable bonds is 0. The van der Waals surface area contributed by atoms with Gasteiger partial charge in [0.25, 0.3) is 5.91 Å². The Morgan fingerprint density at radius 3 is 2.50 bits per heavy atom. The Morgan fingerprint density at radius 1 is 1.88 bits per heavy atom. The average Bonchev–Trinajstić information content (AvgIpc) is 1.61. The van der Waals surface area contributed by atoms with Crippen LogP contribution in [0.2, 0.25) is 0 Å². The summed E-state index contributed by atoms with van der Waals surface area (Å²) in [6.45, 7) is 3.11. The van der Waals surface area contributed by atoms with E-state index in [4.69, 9.17) is 0 Å². The molecule has 0 aromatic carbocycles. The lowest BCUT2D eigenvalue weighted by molar-refractivity contribution is 0.0584. The van der Waals surface area contributed by atoms with Gasteiger partial charge >= 0.3 is 0 Å². The highest BCUT2D eigenvalue weighted by molar-refractivity contribution is 5.74. The lowest BCUT2D eigenvalue weighted by atomic mass is 10.6. The Bertz CT molecular complexity index is 198. The van der Waals surface area contributed by atoms with Gasteiger partial charge in [0, 0.05) is 13.8 Å². The highest BCUT2D eigenvalue weighted by atomic mass is 16.6. The second-order valence-corrected chi connectivity index (χ2v) is 1.53. The summed E-state index contributed by atoms with van der Waals surface area (Å²) in [4.78, 5) is 10.4. The second-order valence-electron chi connectivity index (χ2n) is 1.53. The molecule has 1 heterocycles. The molecule has 0 spiro atoms. The van der Waals surface area contributed by atoms with Crippen LogP contribution in [-0.2, 0) is 0 Å². The zero-order valence-corrected chi connectivity index (χ0v) is 4.71. The first-order valence-electron chi connectivity index (χ1n) is 2.24. The smallest absolute Gasteiger partial charge is 0.260 e. The predicted octanol–water partition coefficient (Wildman–Crippen LogP) is 0.445. The molecule has 0 atom stereocenters. The molecule has 0 saturated heterocycles. The molecule has 0 amide bonds. The standard InChI is InChI=1S/C4H6N2O2/c1-3-5-8-6(3)4(2)7/h1-2H3. The number of aromatic nitrogens is 2. The molecule has 1 aromatic heterocycles. The molecule has 44 valence electrons. The van der Waals surface area contributed by atoms with Crippen LogP contribution in [0.1, 0.15) is 17.5 Å². The molecule has 0 unspecified atom stereocenters. The Morgan fingerprint density at radius 2 is 2.50 bits per heavy atom. The lowest BCUT2D eigenvalue weighted by Gasteiger charge is -2.02. The highest BCUT2D eigenvalue weighted by Crippen LogP contribution is 1.93. The number of hydrogen-bond acceptors (Lipinski definition) is 3. The van der Waals surface area contributed by atoms with Crippen molar-refractivity contribution < 1.29 is 9.42 Å². The molecular weight excluding hydrogens is 108 g/mol. The van der Waals surface area contributed by atoms with Crippen molar-refractivity contribution in [3.63, 3.8) is 0 Å². The Balaban J connectivity index is 2.84. The second kappa shape index (κ2) is 1.47. The van der Waals surface area contributed by atoms with Crippen molar-refractivity contribution in [2.75, 3.05) is 0 Å². The van der Waals surface area contributed by atoms with E-state index in [1.165, 1.54) is 6.92 Å². The van der Waals surface area contributed by atoms with Crippen LogP contribution in [0.5, 0.6) is 0 Å². The molecule has 0 aliphatic heterocycles. The first-order chi connectivity index (χ1) is 3.72. The van der Waals surface area contributed by atoms with Crippen molar-refractivity contribution in [1.29, 1.82) is 0 Å². The monoisotopic (exact) mass is 114 g/mol. The lowest BCUT2D eigenvalue weighted by Crippen LogP contribution is -2.15. The summed E-state index contributed by atoms with van der Waals surface area (Å²) in [5.41, 5.74) is 0. The van der Waals surface area contributed by atoms with Gasteiger partial charge in [-0.05, 0) is 5.16 Å². The van der Waals surface area contributed by atoms with Crippen LogP contribution in [0.15, 0.2) is 4.63 Å². The largest absolute Gasteiger partial charge is 0.271 e. The van der Waals surface area contributed by atoms with Crippen LogP contribution in [0, 0.1) is 6.92 Å². The van der Waals surface area contributed by atoms with Gasteiger partial charge in [-0.25, -0.2) is 0 Å². The minimum Gasteiger partial charge on any atom is -0.271 e. The van der Waals surface area contributed by atoms with Gasteiger partial charge in [-0.2, -0.15) is 0 Å². The van der Waals surface area contributed by atoms with E-state index in [2.05, 4.69) is 9.79 Å². The van der Waals surface area contributed by atoms with Crippen LogP contribution in [0.3, 0.4) is 0 Å². The average molecular weight is 114 g/mol. The van der Waals surface area contributed by atoms with Gasteiger partial charge in [0.05, 0.1) is 0 Å². The van der Waals surface area contributed by atoms with Crippen LogP contribution < -0.4 is 0 Å². The summed E-state index contributed by atoms with van der Waals surface area (Å²) in [6.07, 6.45) is 0. The third-order valence-corrected chi connectivity index (χ3v) is 0.835. The first kappa shape index (κ1) is 5.08. The quantitative estimate of drug-likeness (QED) is 0.491. The molecule has 0 radical (unpaired) electrons. The maximum Gasteiger partial charge on any atom is 0.260 e. The topological polar surface area (TPSA) is 48.0 Å². The van der Waals surface area contributed by atoms with E-state index in [1.807, 2.05) is 0 Å². The molecule has 0 bridgehead atoms. The maximum absolute atomic E-state index is 10.4. The van der Waals surface area contributed by atoms with E-state index in [0.29, 0.717) is 5.82 Å². The van der Waals surface area contributed by atoms with Gasteiger partial charge in [-0.1, -0.05) is 4.74 Å². The van der Waals surface area contributed by atoms with Gasteiger partial charge in [0.1, 0.15) is 0 Å². The van der Waals surface area contributed by atoms with Gasteiger partial charge in [0.2, 0.25) is 0 Å². The van der Waals surface area contributed by atoms with Crippen molar-refractivity contribution in [3.8, 4) is 0 Å². The third kappa shape index (κ3) is 0.538. The van der Waals surface area contributed by atoms with E-state index in [0.717, 1.165) is 4.74 Å². The Labute approximate surface area is 46.0 Å². The van der Waals surface area contributed by atoms with Crippen LogP contribution in [0.25, 0.3) is 0 Å². The zero-order chi connectivity index (χ0) is 6.15. The van der Waals surface area contributed by atoms with E-state index in [-0.39, 0.29) is 5.91 Å². The molecule has 1 aromatic rings. The molecule has 0 aliphatic carbocycles. The summed E-state index contributed by atoms with van der Waals surface area (Å²) in [5.74, 6) is 0.468. The van der Waals surface area contributed by atoms with Gasteiger partial charge < -0.3 is 0 Å². The molecular formula is C4H6N2O2. The SMILES string of the molecule is CC(=O)n1onc1C. The van der Waals surface area contributed by atoms with E-state index >= 15 is 0 Å². The Kier molecular flexibility index (Phi) is 0.932. The molecule has 1 rings (SSSR count). The fourth-order valence-corrected chi connectivity index (χ4v) is 0.449. The molecule has 0 saturated carbocycles. The number of aryl methyl sites for hydroxylation is 1. The molecule has 0 fully saturated rings. The van der Waals surface area contributed by atoms with Gasteiger partial charge in [-0.15, -0.1) is 0 Å². The summed E-state index contributed by atoms with van der Waals surface area (Å²) < 4.78 is 5.50. The fourth-order valence-electron chi connectivity index (χ4n) is 0.449. The summed E-state index contributed by atoms with van der Waals surface area (Å²) in [6, 6.07) is 0. The number of nitrogens with zero attached hydrogens (tertiary/aromatic N) is 2. The zero-order valence-electron chi connectivity index (χ0n) is 4.71.